The SMILES string of the molecule is C[C@H](Nc1cc(Nc2ccc(N3CCOCC3)cc2)ncc1CC(N)=O)c1ccccc1. The molecule has 3 aromatic rings. The van der Waals surface area contributed by atoms with Gasteiger partial charge in [0.1, 0.15) is 5.82 Å². The summed E-state index contributed by atoms with van der Waals surface area (Å²) in [7, 11) is 0. The van der Waals surface area contributed by atoms with Crippen LogP contribution in [0, 0.1) is 0 Å². The van der Waals surface area contributed by atoms with Gasteiger partial charge in [-0.25, -0.2) is 4.98 Å². The van der Waals surface area contributed by atoms with E-state index in [0.29, 0.717) is 5.82 Å². The first-order valence-corrected chi connectivity index (χ1v) is 10.9. The summed E-state index contributed by atoms with van der Waals surface area (Å²) in [5, 5.41) is 6.86. The van der Waals surface area contributed by atoms with Crippen molar-refractivity contribution in [1.82, 2.24) is 4.98 Å². The molecule has 0 bridgehead atoms. The molecule has 1 aromatic heterocycles. The van der Waals surface area contributed by atoms with Gasteiger partial charge in [-0.3, -0.25) is 4.79 Å². The van der Waals surface area contributed by atoms with Gasteiger partial charge in [0.2, 0.25) is 5.91 Å². The van der Waals surface area contributed by atoms with Crippen LogP contribution in [0.5, 0.6) is 0 Å². The van der Waals surface area contributed by atoms with Gasteiger partial charge in [-0.2, -0.15) is 0 Å². The van der Waals surface area contributed by atoms with E-state index in [0.717, 1.165) is 48.8 Å². The molecule has 7 nitrogen and oxygen atoms in total. The minimum Gasteiger partial charge on any atom is -0.378 e. The second kappa shape index (κ2) is 10.2. The van der Waals surface area contributed by atoms with Crippen molar-refractivity contribution < 1.29 is 9.53 Å². The summed E-state index contributed by atoms with van der Waals surface area (Å²) in [6.07, 6.45) is 1.83. The number of pyridine rings is 1. The third kappa shape index (κ3) is 5.56. The summed E-state index contributed by atoms with van der Waals surface area (Å²) in [5.41, 5.74) is 10.3. The van der Waals surface area contributed by atoms with Crippen molar-refractivity contribution in [3.05, 3.63) is 78.0 Å². The summed E-state index contributed by atoms with van der Waals surface area (Å²) in [5.74, 6) is 0.307. The van der Waals surface area contributed by atoms with E-state index >= 15 is 0 Å². The van der Waals surface area contributed by atoms with Crippen LogP contribution in [0.25, 0.3) is 0 Å². The van der Waals surface area contributed by atoms with Crippen LogP contribution in [0.3, 0.4) is 0 Å². The molecule has 1 aliphatic rings. The number of nitrogens with zero attached hydrogens (tertiary/aromatic N) is 2. The molecule has 166 valence electrons. The summed E-state index contributed by atoms with van der Waals surface area (Å²) in [6.45, 7) is 5.42. The predicted molar refractivity (Wildman–Crippen MR) is 128 cm³/mol. The standard InChI is InChI=1S/C25H29N5O2/c1-18(19-5-3-2-4-6-19)28-23-16-25(27-17-20(23)15-24(26)31)29-21-7-9-22(10-8-21)30-11-13-32-14-12-30/h2-10,16-18H,11-15H2,1H3,(H2,26,31)(H2,27,28,29)/t18-/m0/s1. The first kappa shape index (κ1) is 21.6. The molecule has 1 amide bonds. The number of amides is 1. The van der Waals surface area contributed by atoms with E-state index in [-0.39, 0.29) is 18.4 Å². The van der Waals surface area contributed by atoms with Gasteiger partial charge < -0.3 is 26.0 Å². The average Bonchev–Trinajstić information content (AvgIpc) is 2.82. The zero-order chi connectivity index (χ0) is 22.3. The van der Waals surface area contributed by atoms with Gasteiger partial charge in [-0.15, -0.1) is 0 Å². The number of ether oxygens (including phenoxy) is 1. The number of nitrogens with two attached hydrogens (primary N) is 1. The van der Waals surface area contributed by atoms with Gasteiger partial charge in [0, 0.05) is 54.0 Å². The van der Waals surface area contributed by atoms with Crippen molar-refractivity contribution in [2.75, 3.05) is 41.8 Å². The van der Waals surface area contributed by atoms with Crippen molar-refractivity contribution in [3.63, 3.8) is 0 Å². The van der Waals surface area contributed by atoms with Crippen LogP contribution in [-0.4, -0.2) is 37.2 Å². The van der Waals surface area contributed by atoms with Crippen molar-refractivity contribution in [2.45, 2.75) is 19.4 Å². The highest BCUT2D eigenvalue weighted by Crippen LogP contribution is 2.27. The molecule has 1 atom stereocenters. The maximum atomic E-state index is 11.6. The zero-order valence-corrected chi connectivity index (χ0v) is 18.3. The quantitative estimate of drug-likeness (QED) is 0.502. The lowest BCUT2D eigenvalue weighted by molar-refractivity contribution is -0.117. The molecule has 0 saturated carbocycles. The normalized spacial score (nSPS) is 14.6. The molecule has 4 rings (SSSR count). The number of aromatic nitrogens is 1. The molecule has 1 fully saturated rings. The zero-order valence-electron chi connectivity index (χ0n) is 18.3. The van der Waals surface area contributed by atoms with Crippen LogP contribution >= 0.6 is 0 Å². The Morgan fingerprint density at radius 1 is 1.12 bits per heavy atom. The summed E-state index contributed by atoms with van der Waals surface area (Å²) in [6, 6.07) is 20.4. The van der Waals surface area contributed by atoms with Gasteiger partial charge in [0.05, 0.1) is 19.6 Å². The van der Waals surface area contributed by atoms with E-state index in [4.69, 9.17) is 10.5 Å². The van der Waals surface area contributed by atoms with Gasteiger partial charge in [0.25, 0.3) is 0 Å². The molecule has 0 aliphatic carbocycles. The molecule has 2 aromatic carbocycles. The molecule has 4 N–H and O–H groups in total. The Morgan fingerprint density at radius 3 is 2.53 bits per heavy atom. The Labute approximate surface area is 188 Å². The fourth-order valence-corrected chi connectivity index (χ4v) is 3.80. The number of morpholine rings is 1. The van der Waals surface area contributed by atoms with Gasteiger partial charge >= 0.3 is 0 Å². The van der Waals surface area contributed by atoms with E-state index in [1.54, 1.807) is 6.20 Å². The molecular weight excluding hydrogens is 402 g/mol. The fourth-order valence-electron chi connectivity index (χ4n) is 3.80. The molecule has 2 heterocycles. The average molecular weight is 432 g/mol. The third-order valence-electron chi connectivity index (χ3n) is 5.54. The first-order valence-electron chi connectivity index (χ1n) is 10.9. The Bertz CT molecular complexity index is 1030. The third-order valence-corrected chi connectivity index (χ3v) is 5.54. The molecule has 0 radical (unpaired) electrons. The maximum Gasteiger partial charge on any atom is 0.221 e. The Morgan fingerprint density at radius 2 is 1.84 bits per heavy atom. The molecular formula is C25H29N5O2. The number of hydrogen-bond acceptors (Lipinski definition) is 6. The first-order chi connectivity index (χ1) is 15.6. The molecule has 1 aliphatic heterocycles. The lowest BCUT2D eigenvalue weighted by Gasteiger charge is -2.28. The maximum absolute atomic E-state index is 11.6. The topological polar surface area (TPSA) is 92.5 Å². The van der Waals surface area contributed by atoms with Crippen LogP contribution in [0.15, 0.2) is 66.9 Å². The fraction of sp³-hybridized carbons (Fsp3) is 0.280. The second-order valence-corrected chi connectivity index (χ2v) is 7.92. The van der Waals surface area contributed by atoms with E-state index in [9.17, 15) is 4.79 Å². The van der Waals surface area contributed by atoms with Crippen molar-refractivity contribution in [3.8, 4) is 0 Å². The number of benzene rings is 2. The van der Waals surface area contributed by atoms with Gasteiger partial charge in [-0.05, 0) is 36.8 Å². The number of nitrogens with one attached hydrogen (secondary N) is 2. The molecule has 0 spiro atoms. The highest BCUT2D eigenvalue weighted by Gasteiger charge is 2.13. The minimum atomic E-state index is -0.387. The Kier molecular flexibility index (Phi) is 6.87. The monoisotopic (exact) mass is 431 g/mol. The lowest BCUT2D eigenvalue weighted by Crippen LogP contribution is -2.36. The van der Waals surface area contributed by atoms with Gasteiger partial charge in [0.15, 0.2) is 0 Å². The predicted octanol–water partition coefficient (Wildman–Crippen LogP) is 3.86. The van der Waals surface area contributed by atoms with Crippen molar-refractivity contribution >= 4 is 28.8 Å². The minimum absolute atomic E-state index is 0.0610. The summed E-state index contributed by atoms with van der Waals surface area (Å²) >= 11 is 0. The van der Waals surface area contributed by atoms with E-state index < -0.39 is 0 Å². The summed E-state index contributed by atoms with van der Waals surface area (Å²) < 4.78 is 5.43. The van der Waals surface area contributed by atoms with Crippen LogP contribution in [-0.2, 0) is 16.0 Å². The Hall–Kier alpha value is -3.58. The smallest absolute Gasteiger partial charge is 0.221 e. The lowest BCUT2D eigenvalue weighted by atomic mass is 10.1. The largest absolute Gasteiger partial charge is 0.378 e. The molecule has 1 saturated heterocycles. The highest BCUT2D eigenvalue weighted by molar-refractivity contribution is 5.79. The Balaban J connectivity index is 1.51. The van der Waals surface area contributed by atoms with Crippen LogP contribution in [0.4, 0.5) is 22.9 Å². The molecule has 32 heavy (non-hydrogen) atoms. The van der Waals surface area contributed by atoms with Crippen LogP contribution in [0.2, 0.25) is 0 Å². The number of carbonyl (C=O) groups excluding carboxylic acids is 1. The molecule has 0 unspecified atom stereocenters. The van der Waals surface area contributed by atoms with Crippen molar-refractivity contribution in [2.24, 2.45) is 5.73 Å². The van der Waals surface area contributed by atoms with Crippen LogP contribution in [0.1, 0.15) is 24.1 Å². The van der Waals surface area contributed by atoms with Gasteiger partial charge in [-0.1, -0.05) is 30.3 Å². The summed E-state index contributed by atoms with van der Waals surface area (Å²) in [4.78, 5) is 18.4. The number of hydrogen-bond donors (Lipinski definition) is 3. The molecule has 7 heteroatoms. The number of carbonyl (C=O) groups is 1. The number of primary amides is 1. The van der Waals surface area contributed by atoms with Crippen molar-refractivity contribution in [1.29, 1.82) is 0 Å². The van der Waals surface area contributed by atoms with E-state index in [2.05, 4.69) is 51.7 Å². The highest BCUT2D eigenvalue weighted by atomic mass is 16.5. The number of anilines is 4. The second-order valence-electron chi connectivity index (χ2n) is 7.92. The van der Waals surface area contributed by atoms with E-state index in [1.807, 2.05) is 36.4 Å². The van der Waals surface area contributed by atoms with E-state index in [1.165, 1.54) is 5.69 Å². The van der Waals surface area contributed by atoms with Crippen LogP contribution < -0.4 is 21.3 Å². The number of rotatable bonds is 8.